The van der Waals surface area contributed by atoms with Crippen molar-refractivity contribution in [3.63, 3.8) is 0 Å². The van der Waals surface area contributed by atoms with E-state index in [9.17, 15) is 9.59 Å². The number of rotatable bonds is 4. The van der Waals surface area contributed by atoms with Gasteiger partial charge in [0, 0.05) is 17.2 Å². The maximum atomic E-state index is 12.0. The van der Waals surface area contributed by atoms with Crippen LogP contribution in [0.2, 0.25) is 0 Å². The van der Waals surface area contributed by atoms with Crippen LogP contribution in [0.15, 0.2) is 29.2 Å². The summed E-state index contributed by atoms with van der Waals surface area (Å²) in [5, 5.41) is 2.78. The molecule has 4 nitrogen and oxygen atoms in total. The van der Waals surface area contributed by atoms with Crippen molar-refractivity contribution in [2.24, 2.45) is 0 Å². The van der Waals surface area contributed by atoms with Gasteiger partial charge in [0.1, 0.15) is 0 Å². The minimum atomic E-state index is -0.309. The fraction of sp³-hybridized carbons (Fsp3) is 0.385. The normalized spacial score (nSPS) is 17.1. The third-order valence-electron chi connectivity index (χ3n) is 2.87. The minimum Gasteiger partial charge on any atom is -0.469 e. The second-order valence-corrected chi connectivity index (χ2v) is 5.08. The summed E-state index contributed by atoms with van der Waals surface area (Å²) in [6.07, 6.45) is 0.212. The van der Waals surface area contributed by atoms with Gasteiger partial charge >= 0.3 is 5.97 Å². The first-order chi connectivity index (χ1) is 8.72. The molecule has 1 N–H and O–H groups in total. The fourth-order valence-corrected chi connectivity index (χ4v) is 3.12. The van der Waals surface area contributed by atoms with Gasteiger partial charge in [-0.1, -0.05) is 18.2 Å². The van der Waals surface area contributed by atoms with Gasteiger partial charge in [-0.2, -0.15) is 0 Å². The van der Waals surface area contributed by atoms with Crippen LogP contribution in [0.4, 0.5) is 0 Å². The van der Waals surface area contributed by atoms with E-state index in [1.54, 1.807) is 11.8 Å². The largest absolute Gasteiger partial charge is 0.469 e. The molecule has 1 unspecified atom stereocenters. The number of esters is 1. The van der Waals surface area contributed by atoms with Gasteiger partial charge in [0.2, 0.25) is 5.91 Å². The predicted octanol–water partition coefficient (Wildman–Crippen LogP) is 1.56. The molecule has 18 heavy (non-hydrogen) atoms. The van der Waals surface area contributed by atoms with Gasteiger partial charge in [-0.15, -0.1) is 11.8 Å². The Balaban J connectivity index is 1.90. The number of ether oxygens (including phenoxy) is 1. The van der Waals surface area contributed by atoms with Gasteiger partial charge < -0.3 is 10.1 Å². The number of methoxy groups -OCH3 is 1. The van der Waals surface area contributed by atoms with Crippen LogP contribution in [-0.2, 0) is 14.3 Å². The summed E-state index contributed by atoms with van der Waals surface area (Å²) in [5.41, 5.74) is 1.08. The molecule has 0 radical (unpaired) electrons. The summed E-state index contributed by atoms with van der Waals surface area (Å²) >= 11 is 1.70. The topological polar surface area (TPSA) is 55.4 Å². The summed E-state index contributed by atoms with van der Waals surface area (Å²) in [4.78, 5) is 24.1. The van der Waals surface area contributed by atoms with Gasteiger partial charge in [-0.25, -0.2) is 0 Å². The van der Waals surface area contributed by atoms with E-state index in [2.05, 4.69) is 10.1 Å². The molecule has 0 spiro atoms. The zero-order chi connectivity index (χ0) is 13.0. The van der Waals surface area contributed by atoms with Crippen molar-refractivity contribution < 1.29 is 14.3 Å². The van der Waals surface area contributed by atoms with E-state index in [1.807, 2.05) is 24.3 Å². The maximum Gasteiger partial charge on any atom is 0.307 e. The summed E-state index contributed by atoms with van der Waals surface area (Å²) in [7, 11) is 1.34. The Hall–Kier alpha value is -1.49. The molecule has 1 amide bonds. The lowest BCUT2D eigenvalue weighted by molar-refractivity contribution is -0.140. The van der Waals surface area contributed by atoms with E-state index in [1.165, 1.54) is 12.0 Å². The molecular formula is C13H15NO3S. The van der Waals surface area contributed by atoms with Crippen LogP contribution in [0.3, 0.4) is 0 Å². The van der Waals surface area contributed by atoms with E-state index < -0.39 is 0 Å². The highest BCUT2D eigenvalue weighted by Gasteiger charge is 2.28. The van der Waals surface area contributed by atoms with Crippen LogP contribution >= 0.6 is 11.8 Å². The van der Waals surface area contributed by atoms with E-state index in [-0.39, 0.29) is 24.2 Å². The quantitative estimate of drug-likeness (QED) is 0.839. The van der Waals surface area contributed by atoms with E-state index in [4.69, 9.17) is 0 Å². The minimum absolute atomic E-state index is 0.0173. The molecule has 0 fully saturated rings. The number of thioether (sulfide) groups is 1. The number of carbonyl (C=O) groups excluding carboxylic acids is 2. The van der Waals surface area contributed by atoms with Crippen LogP contribution < -0.4 is 5.32 Å². The van der Waals surface area contributed by atoms with Crippen molar-refractivity contribution in [3.8, 4) is 0 Å². The molecule has 1 aromatic carbocycles. The number of benzene rings is 1. The smallest absolute Gasteiger partial charge is 0.307 e. The van der Waals surface area contributed by atoms with E-state index in [0.717, 1.165) is 11.3 Å². The molecule has 1 heterocycles. The van der Waals surface area contributed by atoms with Gasteiger partial charge in [-0.05, 0) is 11.6 Å². The summed E-state index contributed by atoms with van der Waals surface area (Å²) in [6, 6.07) is 7.93. The molecule has 1 aromatic rings. The Morgan fingerprint density at radius 3 is 3.00 bits per heavy atom. The Kier molecular flexibility index (Phi) is 4.25. The number of carbonyl (C=O) groups is 2. The van der Waals surface area contributed by atoms with Crippen LogP contribution in [0.1, 0.15) is 17.9 Å². The SMILES string of the molecule is COC(=O)CCNC(=O)C1CSc2ccccc21. The molecule has 1 aliphatic heterocycles. The summed E-state index contributed by atoms with van der Waals surface area (Å²) in [6.45, 7) is 0.328. The molecule has 96 valence electrons. The number of fused-ring (bicyclic) bond motifs is 1. The van der Waals surface area contributed by atoms with E-state index >= 15 is 0 Å². The Morgan fingerprint density at radius 1 is 1.44 bits per heavy atom. The molecule has 0 aromatic heterocycles. The first-order valence-electron chi connectivity index (χ1n) is 5.78. The van der Waals surface area contributed by atoms with Gasteiger partial charge in [0.25, 0.3) is 0 Å². The van der Waals surface area contributed by atoms with Crippen molar-refractivity contribution in [1.82, 2.24) is 5.32 Å². The summed E-state index contributed by atoms with van der Waals surface area (Å²) < 4.78 is 4.52. The molecule has 0 bridgehead atoms. The molecule has 1 atom stereocenters. The Bertz CT molecular complexity index is 461. The number of hydrogen-bond acceptors (Lipinski definition) is 4. The highest BCUT2D eigenvalue weighted by atomic mass is 32.2. The summed E-state index contributed by atoms with van der Waals surface area (Å²) in [5.74, 6) is 0.334. The lowest BCUT2D eigenvalue weighted by atomic mass is 10.0. The van der Waals surface area contributed by atoms with Crippen LogP contribution in [0, 0.1) is 0 Å². The number of nitrogens with one attached hydrogen (secondary N) is 1. The number of hydrogen-bond donors (Lipinski definition) is 1. The first-order valence-corrected chi connectivity index (χ1v) is 6.77. The van der Waals surface area contributed by atoms with Crippen LogP contribution in [-0.4, -0.2) is 31.3 Å². The third-order valence-corrected chi connectivity index (χ3v) is 4.06. The molecule has 2 rings (SSSR count). The fourth-order valence-electron chi connectivity index (χ4n) is 1.89. The highest BCUT2D eigenvalue weighted by Crippen LogP contribution is 2.39. The first kappa shape index (κ1) is 13.0. The average molecular weight is 265 g/mol. The van der Waals surface area contributed by atoms with Crippen molar-refractivity contribution in [2.45, 2.75) is 17.2 Å². The Morgan fingerprint density at radius 2 is 2.22 bits per heavy atom. The lowest BCUT2D eigenvalue weighted by Gasteiger charge is -2.11. The highest BCUT2D eigenvalue weighted by molar-refractivity contribution is 7.99. The predicted molar refractivity (Wildman–Crippen MR) is 69.5 cm³/mol. The zero-order valence-corrected chi connectivity index (χ0v) is 11.0. The Labute approximate surface area is 110 Å². The monoisotopic (exact) mass is 265 g/mol. The molecule has 5 heteroatoms. The zero-order valence-electron chi connectivity index (χ0n) is 10.1. The van der Waals surface area contributed by atoms with Gasteiger partial charge in [0.15, 0.2) is 0 Å². The van der Waals surface area contributed by atoms with Crippen LogP contribution in [0.5, 0.6) is 0 Å². The van der Waals surface area contributed by atoms with Crippen molar-refractivity contribution >= 4 is 23.6 Å². The van der Waals surface area contributed by atoms with Crippen LogP contribution in [0.25, 0.3) is 0 Å². The molecule has 0 aliphatic carbocycles. The number of amides is 1. The second kappa shape index (κ2) is 5.91. The molecule has 0 saturated carbocycles. The molecule has 1 aliphatic rings. The van der Waals surface area contributed by atoms with Crippen molar-refractivity contribution in [3.05, 3.63) is 29.8 Å². The second-order valence-electron chi connectivity index (χ2n) is 4.02. The third kappa shape index (κ3) is 2.85. The van der Waals surface area contributed by atoms with Crippen molar-refractivity contribution in [1.29, 1.82) is 0 Å². The van der Waals surface area contributed by atoms with Gasteiger partial charge in [-0.3, -0.25) is 9.59 Å². The lowest BCUT2D eigenvalue weighted by Crippen LogP contribution is -2.31. The van der Waals surface area contributed by atoms with Crippen molar-refractivity contribution in [2.75, 3.05) is 19.4 Å². The standard InChI is InChI=1S/C13H15NO3S/c1-17-12(15)6-7-14-13(16)10-8-18-11-5-3-2-4-9(10)11/h2-5,10H,6-8H2,1H3,(H,14,16). The maximum absolute atomic E-state index is 12.0. The molecular weight excluding hydrogens is 250 g/mol. The molecule has 0 saturated heterocycles. The average Bonchev–Trinajstić information content (AvgIpc) is 2.82. The van der Waals surface area contributed by atoms with Gasteiger partial charge in [0.05, 0.1) is 19.4 Å². The van der Waals surface area contributed by atoms with E-state index in [0.29, 0.717) is 6.54 Å².